The van der Waals surface area contributed by atoms with Gasteiger partial charge in [0, 0.05) is 5.56 Å². The molecule has 0 spiro atoms. The maximum Gasteiger partial charge on any atom is 0.302 e. The summed E-state index contributed by atoms with van der Waals surface area (Å²) in [4.78, 5) is 32.3. The number of aromatic nitrogens is 1. The van der Waals surface area contributed by atoms with Crippen molar-refractivity contribution in [3.8, 4) is 5.75 Å². The first-order chi connectivity index (χ1) is 15.9. The zero-order valence-electron chi connectivity index (χ0n) is 18.2. The summed E-state index contributed by atoms with van der Waals surface area (Å²) in [7, 11) is 1.56. The Balaban J connectivity index is 1.70. The predicted molar refractivity (Wildman–Crippen MR) is 126 cm³/mol. The number of Topliss-reactive ketones (excluding diaryl/α,β-unsaturated/α-hetero) is 1. The normalized spacial score (nSPS) is 17.8. The van der Waals surface area contributed by atoms with Crippen molar-refractivity contribution in [1.82, 2.24) is 4.98 Å². The first-order valence-corrected chi connectivity index (χ1v) is 11.1. The van der Waals surface area contributed by atoms with Crippen molar-refractivity contribution < 1.29 is 23.8 Å². The van der Waals surface area contributed by atoms with E-state index < -0.39 is 17.7 Å². The Labute approximate surface area is 193 Å². The second kappa shape index (κ2) is 7.90. The number of nitrogens with zero attached hydrogens (tertiary/aromatic N) is 2. The molecule has 3 heterocycles. The fourth-order valence-electron chi connectivity index (χ4n) is 4.05. The molecule has 0 aliphatic carbocycles. The van der Waals surface area contributed by atoms with Gasteiger partial charge < -0.3 is 14.3 Å². The summed E-state index contributed by atoms with van der Waals surface area (Å²) in [6.07, 6.45) is 1.47. The molecule has 1 atom stereocenters. The zero-order chi connectivity index (χ0) is 23.3. The Hall–Kier alpha value is -3.91. The zero-order valence-corrected chi connectivity index (χ0v) is 19.0. The topological polar surface area (TPSA) is 92.9 Å². The fourth-order valence-corrected chi connectivity index (χ4v) is 5.14. The molecule has 5 rings (SSSR count). The first kappa shape index (κ1) is 21.0. The highest BCUT2D eigenvalue weighted by Crippen LogP contribution is 2.44. The summed E-state index contributed by atoms with van der Waals surface area (Å²) < 4.78 is 11.8. The van der Waals surface area contributed by atoms with Gasteiger partial charge in [0.2, 0.25) is 0 Å². The average Bonchev–Trinajstić information content (AvgIpc) is 3.52. The fraction of sp³-hybridized carbons (Fsp3) is 0.160. The van der Waals surface area contributed by atoms with Gasteiger partial charge in [-0.3, -0.25) is 14.5 Å². The van der Waals surface area contributed by atoms with Crippen molar-refractivity contribution in [2.45, 2.75) is 19.9 Å². The predicted octanol–water partition coefficient (Wildman–Crippen LogP) is 5.14. The van der Waals surface area contributed by atoms with Crippen LogP contribution >= 0.6 is 11.3 Å². The van der Waals surface area contributed by atoms with Gasteiger partial charge in [0.1, 0.15) is 23.3 Å². The number of carbonyl (C=O) groups excluding carboxylic acids is 2. The van der Waals surface area contributed by atoms with Crippen molar-refractivity contribution in [3.63, 3.8) is 0 Å². The van der Waals surface area contributed by atoms with Gasteiger partial charge in [-0.1, -0.05) is 17.4 Å². The lowest BCUT2D eigenvalue weighted by Crippen LogP contribution is -2.29. The van der Waals surface area contributed by atoms with Crippen LogP contribution in [0.1, 0.15) is 28.5 Å². The highest BCUT2D eigenvalue weighted by Gasteiger charge is 2.49. The second-order valence-electron chi connectivity index (χ2n) is 7.84. The standard InChI is InChI=1S/C25H20N2O5S/c1-13-6-8-16-19(11-13)33-25(26-16)27-21(18-5-4-10-32-18)20(23(29)24(27)30)22(28)15-7-9-17(31-3)14(2)12-15/h4-12,21,28H,1-3H3. The quantitative estimate of drug-likeness (QED) is 0.257. The van der Waals surface area contributed by atoms with Crippen molar-refractivity contribution in [2.24, 2.45) is 0 Å². The van der Waals surface area contributed by atoms with Gasteiger partial charge >= 0.3 is 5.91 Å². The maximum absolute atomic E-state index is 13.2. The van der Waals surface area contributed by atoms with Gasteiger partial charge in [0.05, 0.1) is 29.2 Å². The van der Waals surface area contributed by atoms with Crippen molar-refractivity contribution in [1.29, 1.82) is 0 Å². The molecule has 0 bridgehead atoms. The number of fused-ring (bicyclic) bond motifs is 1. The molecule has 2 aromatic heterocycles. The van der Waals surface area contributed by atoms with Crippen LogP contribution in [0.25, 0.3) is 16.0 Å². The van der Waals surface area contributed by atoms with E-state index >= 15 is 0 Å². The highest BCUT2D eigenvalue weighted by molar-refractivity contribution is 7.22. The summed E-state index contributed by atoms with van der Waals surface area (Å²) in [5.41, 5.74) is 2.94. The molecule has 1 amide bonds. The van der Waals surface area contributed by atoms with Gasteiger partial charge in [-0.25, -0.2) is 4.98 Å². The number of benzene rings is 2. The lowest BCUT2D eigenvalue weighted by Gasteiger charge is -2.20. The molecule has 0 saturated carbocycles. The van der Waals surface area contributed by atoms with Gasteiger partial charge in [-0.15, -0.1) is 0 Å². The number of methoxy groups -OCH3 is 1. The van der Waals surface area contributed by atoms with Crippen LogP contribution in [0.3, 0.4) is 0 Å². The van der Waals surface area contributed by atoms with Crippen molar-refractivity contribution >= 4 is 44.1 Å². The van der Waals surface area contributed by atoms with E-state index in [4.69, 9.17) is 9.15 Å². The van der Waals surface area contributed by atoms with E-state index in [1.165, 1.54) is 22.5 Å². The molecular weight excluding hydrogens is 440 g/mol. The highest BCUT2D eigenvalue weighted by atomic mass is 32.1. The second-order valence-corrected chi connectivity index (χ2v) is 8.85. The van der Waals surface area contributed by atoms with Crippen LogP contribution in [0.15, 0.2) is 64.8 Å². The minimum atomic E-state index is -0.941. The largest absolute Gasteiger partial charge is 0.507 e. The SMILES string of the molecule is COc1ccc(C(O)=C2C(=O)C(=O)N(c3nc4ccc(C)cc4s3)C2c2ccco2)cc1C. The number of thiazole rings is 1. The summed E-state index contributed by atoms with van der Waals surface area (Å²) in [6.45, 7) is 3.81. The average molecular weight is 461 g/mol. The van der Waals surface area contributed by atoms with Crippen LogP contribution < -0.4 is 9.64 Å². The van der Waals surface area contributed by atoms with E-state index in [1.54, 1.807) is 37.4 Å². The summed E-state index contributed by atoms with van der Waals surface area (Å²) in [5, 5.41) is 11.6. The van der Waals surface area contributed by atoms with Gasteiger partial charge in [-0.2, -0.15) is 0 Å². The Morgan fingerprint density at radius 2 is 1.97 bits per heavy atom. The van der Waals surface area contributed by atoms with Crippen LogP contribution in [0.4, 0.5) is 5.13 Å². The summed E-state index contributed by atoms with van der Waals surface area (Å²) >= 11 is 1.31. The number of anilines is 1. The number of amides is 1. The number of rotatable bonds is 4. The molecule has 0 radical (unpaired) electrons. The third kappa shape index (κ3) is 3.39. The van der Waals surface area contributed by atoms with Crippen molar-refractivity contribution in [3.05, 3.63) is 82.8 Å². The summed E-state index contributed by atoms with van der Waals surface area (Å²) in [5.74, 6) is -0.826. The number of aryl methyl sites for hydroxylation is 2. The smallest absolute Gasteiger partial charge is 0.302 e. The van der Waals surface area contributed by atoms with E-state index in [2.05, 4.69) is 4.98 Å². The number of aliphatic hydroxyl groups is 1. The Bertz CT molecular complexity index is 1430. The molecule has 1 unspecified atom stereocenters. The lowest BCUT2D eigenvalue weighted by atomic mass is 9.98. The third-order valence-corrected chi connectivity index (χ3v) is 6.68. The number of hydrogen-bond acceptors (Lipinski definition) is 7. The van der Waals surface area contributed by atoms with E-state index in [0.29, 0.717) is 22.2 Å². The molecule has 8 heteroatoms. The molecule has 1 aliphatic rings. The number of carbonyl (C=O) groups is 2. The summed E-state index contributed by atoms with van der Waals surface area (Å²) in [6, 6.07) is 13.3. The molecular formula is C25H20N2O5S. The molecule has 1 aliphatic heterocycles. The number of furan rings is 1. The lowest BCUT2D eigenvalue weighted by molar-refractivity contribution is -0.132. The number of aliphatic hydroxyl groups excluding tert-OH is 1. The molecule has 33 heavy (non-hydrogen) atoms. The Morgan fingerprint density at radius 3 is 2.67 bits per heavy atom. The minimum absolute atomic E-state index is 0.0463. The third-order valence-electron chi connectivity index (χ3n) is 5.66. The van der Waals surface area contributed by atoms with Crippen LogP contribution in [0, 0.1) is 13.8 Å². The maximum atomic E-state index is 13.2. The van der Waals surface area contributed by atoms with E-state index in [1.807, 2.05) is 32.0 Å². The molecule has 4 aromatic rings. The molecule has 1 fully saturated rings. The molecule has 2 aromatic carbocycles. The number of ether oxygens (including phenoxy) is 1. The molecule has 1 N–H and O–H groups in total. The van der Waals surface area contributed by atoms with Crippen LogP contribution in [0.5, 0.6) is 5.75 Å². The minimum Gasteiger partial charge on any atom is -0.507 e. The monoisotopic (exact) mass is 460 g/mol. The van der Waals surface area contributed by atoms with Gasteiger partial charge in [0.25, 0.3) is 5.78 Å². The molecule has 1 saturated heterocycles. The van der Waals surface area contributed by atoms with Gasteiger partial charge in [-0.05, 0) is 67.4 Å². The van der Waals surface area contributed by atoms with Crippen LogP contribution in [0.2, 0.25) is 0 Å². The number of hydrogen-bond donors (Lipinski definition) is 1. The van der Waals surface area contributed by atoms with Crippen LogP contribution in [-0.4, -0.2) is 28.9 Å². The van der Waals surface area contributed by atoms with E-state index in [9.17, 15) is 14.7 Å². The van der Waals surface area contributed by atoms with Crippen molar-refractivity contribution in [2.75, 3.05) is 12.0 Å². The Morgan fingerprint density at radius 1 is 1.15 bits per heavy atom. The van der Waals surface area contributed by atoms with E-state index in [0.717, 1.165) is 21.3 Å². The molecule has 7 nitrogen and oxygen atoms in total. The Kier molecular flexibility index (Phi) is 5.02. The number of ketones is 1. The van der Waals surface area contributed by atoms with E-state index in [-0.39, 0.29) is 11.3 Å². The van der Waals surface area contributed by atoms with Crippen LogP contribution in [-0.2, 0) is 9.59 Å². The first-order valence-electron chi connectivity index (χ1n) is 10.3. The van der Waals surface area contributed by atoms with Gasteiger partial charge in [0.15, 0.2) is 5.13 Å². The molecule has 166 valence electrons.